The Hall–Kier alpha value is -3.65. The molecular weight excluding hydrogens is 422 g/mol. The molecule has 1 N–H and O–H groups in total. The number of carbonyl (C=O) groups is 1. The van der Waals surface area contributed by atoms with E-state index >= 15 is 0 Å². The van der Waals surface area contributed by atoms with Gasteiger partial charge in [0.1, 0.15) is 9.88 Å². The van der Waals surface area contributed by atoms with Gasteiger partial charge in [-0.15, -0.1) is 11.3 Å². The van der Waals surface area contributed by atoms with Gasteiger partial charge in [0.05, 0.1) is 28.7 Å². The van der Waals surface area contributed by atoms with Gasteiger partial charge in [-0.05, 0) is 44.0 Å². The van der Waals surface area contributed by atoms with Crippen LogP contribution < -0.4 is 10.9 Å². The number of aromatic nitrogens is 4. The molecule has 162 valence electrons. The van der Waals surface area contributed by atoms with Crippen LogP contribution in [0.2, 0.25) is 0 Å². The Morgan fingerprint density at radius 1 is 1.03 bits per heavy atom. The molecule has 0 saturated carbocycles. The molecule has 0 aliphatic heterocycles. The maximum atomic E-state index is 13.3. The van der Waals surface area contributed by atoms with Crippen molar-refractivity contribution < 1.29 is 4.79 Å². The monoisotopic (exact) mass is 445 g/mol. The maximum absolute atomic E-state index is 13.3. The number of amides is 1. The summed E-state index contributed by atoms with van der Waals surface area (Å²) in [5.74, 6) is -0.258. The highest BCUT2D eigenvalue weighted by Crippen LogP contribution is 2.29. The van der Waals surface area contributed by atoms with Crippen LogP contribution in [0.5, 0.6) is 0 Å². The molecule has 0 aliphatic carbocycles. The average Bonchev–Trinajstić information content (AvgIpc) is 3.18. The molecule has 32 heavy (non-hydrogen) atoms. The van der Waals surface area contributed by atoms with Gasteiger partial charge in [0.2, 0.25) is 0 Å². The predicted octanol–water partition coefficient (Wildman–Crippen LogP) is 3.74. The summed E-state index contributed by atoms with van der Waals surface area (Å²) in [7, 11) is 1.61. The Bertz CT molecular complexity index is 1290. The van der Waals surface area contributed by atoms with Crippen LogP contribution in [0.4, 0.5) is 0 Å². The standard InChI is InChI=1S/C24H23N5O2S/c1-14-15(2)28-29(4)24(31)19(14)23-26-16(3)21(32-23)22(30)27-20(17-10-6-5-7-11-17)18-12-8-9-13-25-18/h5-13,20H,1-4H3,(H,27,30). The average molecular weight is 446 g/mol. The quantitative estimate of drug-likeness (QED) is 0.505. The first-order valence-corrected chi connectivity index (χ1v) is 11.0. The van der Waals surface area contributed by atoms with Gasteiger partial charge in [0, 0.05) is 13.2 Å². The molecule has 3 heterocycles. The Balaban J connectivity index is 1.72. The van der Waals surface area contributed by atoms with E-state index in [1.807, 2.05) is 62.4 Å². The SMILES string of the molecule is Cc1nc(-c2c(C)c(C)nn(C)c2=O)sc1C(=O)NC(c1ccccc1)c1ccccn1. The number of benzene rings is 1. The van der Waals surface area contributed by atoms with Gasteiger partial charge >= 0.3 is 0 Å². The van der Waals surface area contributed by atoms with Crippen LogP contribution in [0.25, 0.3) is 10.6 Å². The van der Waals surface area contributed by atoms with Crippen LogP contribution in [-0.4, -0.2) is 25.7 Å². The van der Waals surface area contributed by atoms with Crippen molar-refractivity contribution in [3.63, 3.8) is 0 Å². The first kappa shape index (κ1) is 21.6. The number of hydrogen-bond acceptors (Lipinski definition) is 6. The Morgan fingerprint density at radius 3 is 2.44 bits per heavy atom. The van der Waals surface area contributed by atoms with Gasteiger partial charge in [-0.3, -0.25) is 14.6 Å². The van der Waals surface area contributed by atoms with Crippen molar-refractivity contribution in [2.24, 2.45) is 7.05 Å². The fraction of sp³-hybridized carbons (Fsp3) is 0.208. The summed E-state index contributed by atoms with van der Waals surface area (Å²) in [4.78, 5) is 35.5. The zero-order valence-corrected chi connectivity index (χ0v) is 19.1. The highest BCUT2D eigenvalue weighted by molar-refractivity contribution is 7.17. The van der Waals surface area contributed by atoms with Crippen LogP contribution in [0.3, 0.4) is 0 Å². The van der Waals surface area contributed by atoms with Crippen LogP contribution >= 0.6 is 11.3 Å². The van der Waals surface area contributed by atoms with Crippen LogP contribution in [-0.2, 0) is 7.05 Å². The van der Waals surface area contributed by atoms with E-state index in [2.05, 4.69) is 20.4 Å². The summed E-state index contributed by atoms with van der Waals surface area (Å²) < 4.78 is 1.31. The topological polar surface area (TPSA) is 89.8 Å². The van der Waals surface area contributed by atoms with Gasteiger partial charge < -0.3 is 5.32 Å². The molecule has 1 aromatic carbocycles. The molecule has 8 heteroatoms. The summed E-state index contributed by atoms with van der Waals surface area (Å²) in [5, 5.41) is 7.84. The summed E-state index contributed by atoms with van der Waals surface area (Å²) in [6.07, 6.45) is 1.71. The zero-order valence-electron chi connectivity index (χ0n) is 18.3. The number of carbonyl (C=O) groups excluding carboxylic acids is 1. The number of aryl methyl sites for hydroxylation is 3. The number of hydrogen-bond donors (Lipinski definition) is 1. The third kappa shape index (κ3) is 4.09. The molecule has 0 saturated heterocycles. The van der Waals surface area contributed by atoms with Crippen molar-refractivity contribution in [3.8, 4) is 10.6 Å². The van der Waals surface area contributed by atoms with E-state index in [9.17, 15) is 9.59 Å². The van der Waals surface area contributed by atoms with E-state index in [0.29, 0.717) is 21.1 Å². The van der Waals surface area contributed by atoms with E-state index in [4.69, 9.17) is 0 Å². The smallest absolute Gasteiger partial charge is 0.277 e. The third-order valence-corrected chi connectivity index (χ3v) is 6.51. The maximum Gasteiger partial charge on any atom is 0.277 e. The number of pyridine rings is 1. The molecule has 0 radical (unpaired) electrons. The Morgan fingerprint density at radius 2 is 1.75 bits per heavy atom. The van der Waals surface area contributed by atoms with Crippen LogP contribution in [0.1, 0.15) is 43.9 Å². The van der Waals surface area contributed by atoms with E-state index in [0.717, 1.165) is 22.5 Å². The van der Waals surface area contributed by atoms with Gasteiger partial charge in [-0.2, -0.15) is 5.10 Å². The molecule has 0 aliphatic rings. The molecule has 1 atom stereocenters. The molecule has 1 unspecified atom stereocenters. The van der Waals surface area contributed by atoms with Gasteiger partial charge in [0.15, 0.2) is 0 Å². The van der Waals surface area contributed by atoms with Crippen LogP contribution in [0.15, 0.2) is 59.5 Å². The highest BCUT2D eigenvalue weighted by atomic mass is 32.1. The summed E-state index contributed by atoms with van der Waals surface area (Å²) in [6, 6.07) is 14.9. The van der Waals surface area contributed by atoms with E-state index in [1.54, 1.807) is 20.2 Å². The first-order chi connectivity index (χ1) is 15.4. The lowest BCUT2D eigenvalue weighted by atomic mass is 10.0. The molecule has 3 aromatic heterocycles. The number of nitrogens with one attached hydrogen (secondary N) is 1. The summed E-state index contributed by atoms with van der Waals surface area (Å²) in [6.45, 7) is 5.48. The lowest BCUT2D eigenvalue weighted by Crippen LogP contribution is -2.29. The third-order valence-electron chi connectivity index (χ3n) is 5.33. The van der Waals surface area contributed by atoms with E-state index in [1.165, 1.54) is 16.0 Å². The molecule has 0 fully saturated rings. The zero-order chi connectivity index (χ0) is 22.8. The summed E-state index contributed by atoms with van der Waals surface area (Å²) >= 11 is 1.21. The number of thiazole rings is 1. The Kier molecular flexibility index (Phi) is 5.96. The molecule has 0 spiro atoms. The summed E-state index contributed by atoms with van der Waals surface area (Å²) in [5.41, 5.74) is 4.01. The van der Waals surface area contributed by atoms with Gasteiger partial charge in [0.25, 0.3) is 11.5 Å². The largest absolute Gasteiger partial charge is 0.339 e. The molecular formula is C24H23N5O2S. The highest BCUT2D eigenvalue weighted by Gasteiger charge is 2.24. The van der Waals surface area contributed by atoms with Crippen molar-refractivity contribution in [3.05, 3.63) is 98.2 Å². The van der Waals surface area contributed by atoms with Crippen molar-refractivity contribution >= 4 is 17.2 Å². The van der Waals surface area contributed by atoms with E-state index in [-0.39, 0.29) is 11.5 Å². The minimum Gasteiger partial charge on any atom is -0.339 e. The minimum atomic E-state index is -0.410. The van der Waals surface area contributed by atoms with Crippen LogP contribution in [0, 0.1) is 20.8 Å². The number of nitrogens with zero attached hydrogens (tertiary/aromatic N) is 4. The van der Waals surface area contributed by atoms with Crippen molar-refractivity contribution in [2.75, 3.05) is 0 Å². The van der Waals surface area contributed by atoms with Gasteiger partial charge in [-0.1, -0.05) is 36.4 Å². The van der Waals surface area contributed by atoms with Crippen molar-refractivity contribution in [1.29, 1.82) is 0 Å². The normalized spacial score (nSPS) is 11.9. The molecule has 4 aromatic rings. The van der Waals surface area contributed by atoms with Gasteiger partial charge in [-0.25, -0.2) is 9.67 Å². The Labute approximate surface area is 189 Å². The lowest BCUT2D eigenvalue weighted by Gasteiger charge is -2.18. The van der Waals surface area contributed by atoms with E-state index < -0.39 is 6.04 Å². The molecule has 7 nitrogen and oxygen atoms in total. The lowest BCUT2D eigenvalue weighted by molar-refractivity contribution is 0.0945. The predicted molar refractivity (Wildman–Crippen MR) is 125 cm³/mol. The number of rotatable bonds is 5. The molecule has 4 rings (SSSR count). The van der Waals surface area contributed by atoms with Crippen molar-refractivity contribution in [2.45, 2.75) is 26.8 Å². The fourth-order valence-electron chi connectivity index (χ4n) is 3.53. The second-order valence-corrected chi connectivity index (χ2v) is 8.52. The fourth-order valence-corrected chi connectivity index (χ4v) is 4.59. The molecule has 0 bridgehead atoms. The second-order valence-electron chi connectivity index (χ2n) is 7.52. The second kappa shape index (κ2) is 8.84. The molecule has 1 amide bonds. The first-order valence-electron chi connectivity index (χ1n) is 10.2. The minimum absolute atomic E-state index is 0.232. The van der Waals surface area contributed by atoms with Crippen molar-refractivity contribution in [1.82, 2.24) is 25.1 Å².